The summed E-state index contributed by atoms with van der Waals surface area (Å²) in [5.74, 6) is 0.551. The number of phenols is 1. The molecule has 0 unspecified atom stereocenters. The van der Waals surface area contributed by atoms with Gasteiger partial charge in [-0.2, -0.15) is 0 Å². The molecule has 0 radical (unpaired) electrons. The number of aromatic hydroxyl groups is 1. The van der Waals surface area contributed by atoms with Crippen molar-refractivity contribution in [3.8, 4) is 23.0 Å². The van der Waals surface area contributed by atoms with Crippen molar-refractivity contribution >= 4 is 6.16 Å². The van der Waals surface area contributed by atoms with Crippen LogP contribution in [-0.2, 0) is 12.8 Å². The van der Waals surface area contributed by atoms with Crippen molar-refractivity contribution in [3.63, 3.8) is 0 Å². The lowest BCUT2D eigenvalue weighted by molar-refractivity contribution is 0.139. The normalized spacial score (nSPS) is 11.0. The van der Waals surface area contributed by atoms with E-state index < -0.39 is 6.16 Å². The molecule has 6 heteroatoms. The zero-order chi connectivity index (χ0) is 25.9. The summed E-state index contributed by atoms with van der Waals surface area (Å²) in [5, 5.41) is 20.7. The molecule has 0 fully saturated rings. The third-order valence-corrected chi connectivity index (χ3v) is 6.29. The van der Waals surface area contributed by atoms with Gasteiger partial charge in [-0.15, -0.1) is 0 Å². The number of hydrogen-bond donors (Lipinski definition) is 2. The molecule has 0 aliphatic heterocycles. The molecule has 0 aliphatic rings. The summed E-state index contributed by atoms with van der Waals surface area (Å²) in [6, 6.07) is 0. The lowest BCUT2D eigenvalue weighted by Crippen LogP contribution is -2.12. The molecule has 1 aromatic rings. The molecule has 35 heavy (non-hydrogen) atoms. The topological polar surface area (TPSA) is 85.2 Å². The van der Waals surface area contributed by atoms with Gasteiger partial charge in [-0.05, 0) is 38.5 Å². The highest BCUT2D eigenvalue weighted by Crippen LogP contribution is 2.50. The van der Waals surface area contributed by atoms with E-state index in [2.05, 4.69) is 27.7 Å². The number of phenolic OH excluding ortho intramolecular Hbond substituents is 1. The minimum Gasteiger partial charge on any atom is -0.504 e. The molecule has 6 nitrogen and oxygen atoms in total. The third-order valence-electron chi connectivity index (χ3n) is 6.29. The maximum absolute atomic E-state index is 11.5. The van der Waals surface area contributed by atoms with Crippen LogP contribution in [0.15, 0.2) is 0 Å². The van der Waals surface area contributed by atoms with Crippen molar-refractivity contribution in [2.75, 3.05) is 13.2 Å². The number of rotatable bonds is 21. The second-order valence-electron chi connectivity index (χ2n) is 9.39. The molecule has 2 N–H and O–H groups in total. The van der Waals surface area contributed by atoms with E-state index in [0.717, 1.165) is 75.3 Å². The molecule has 0 spiro atoms. The van der Waals surface area contributed by atoms with Crippen molar-refractivity contribution < 1.29 is 29.2 Å². The van der Waals surface area contributed by atoms with Gasteiger partial charge in [0.05, 0.1) is 13.2 Å². The van der Waals surface area contributed by atoms with E-state index in [9.17, 15) is 15.0 Å². The number of benzene rings is 1. The Hall–Kier alpha value is -2.11. The summed E-state index contributed by atoms with van der Waals surface area (Å²) in [6.07, 6.45) is 14.8. The summed E-state index contributed by atoms with van der Waals surface area (Å²) in [6.45, 7) is 9.48. The van der Waals surface area contributed by atoms with Gasteiger partial charge in [-0.1, -0.05) is 91.9 Å². The van der Waals surface area contributed by atoms with E-state index in [0.29, 0.717) is 25.4 Å². The first-order valence-corrected chi connectivity index (χ1v) is 14.1. The van der Waals surface area contributed by atoms with Crippen LogP contribution in [0.25, 0.3) is 0 Å². The summed E-state index contributed by atoms with van der Waals surface area (Å²) < 4.78 is 17.4. The third kappa shape index (κ3) is 11.4. The van der Waals surface area contributed by atoms with Crippen LogP contribution in [0.5, 0.6) is 23.0 Å². The summed E-state index contributed by atoms with van der Waals surface area (Å²) in [4.78, 5) is 11.5. The SMILES string of the molecule is CCCCCCCc1c(O)c(OC(=O)O)c(OCCCC)c(OCCCC)c1CCCCCCC. The Morgan fingerprint density at radius 1 is 0.600 bits per heavy atom. The van der Waals surface area contributed by atoms with Crippen molar-refractivity contribution in [1.82, 2.24) is 0 Å². The standard InChI is InChI=1S/C29H50O6/c1-5-9-13-15-17-19-23-24(20-18-16-14-10-6-2)26(33-21-11-7-3)28(34-22-12-8-4)27(25(23)30)35-29(31)32/h30H,5-22H2,1-4H3,(H,31,32). The van der Waals surface area contributed by atoms with E-state index in [1.807, 2.05) is 0 Å². The van der Waals surface area contributed by atoms with Gasteiger partial charge in [0.1, 0.15) is 0 Å². The Kier molecular flexibility index (Phi) is 16.9. The van der Waals surface area contributed by atoms with Crippen LogP contribution in [0.4, 0.5) is 4.79 Å². The highest BCUT2D eigenvalue weighted by molar-refractivity contribution is 5.72. The van der Waals surface area contributed by atoms with Gasteiger partial charge < -0.3 is 24.4 Å². The second-order valence-corrected chi connectivity index (χ2v) is 9.39. The fraction of sp³-hybridized carbons (Fsp3) is 0.759. The molecule has 0 heterocycles. The first-order valence-electron chi connectivity index (χ1n) is 14.1. The molecule has 0 saturated carbocycles. The van der Waals surface area contributed by atoms with E-state index in [1.165, 1.54) is 32.1 Å². The predicted molar refractivity (Wildman–Crippen MR) is 142 cm³/mol. The fourth-order valence-electron chi connectivity index (χ4n) is 4.21. The smallest absolute Gasteiger partial charge is 0.504 e. The van der Waals surface area contributed by atoms with Crippen LogP contribution >= 0.6 is 0 Å². The molecule has 0 aliphatic carbocycles. The Bertz CT molecular complexity index is 716. The lowest BCUT2D eigenvalue weighted by atomic mass is 9.93. The molecule has 1 aromatic carbocycles. The van der Waals surface area contributed by atoms with Crippen LogP contribution < -0.4 is 14.2 Å². The van der Waals surface area contributed by atoms with Crippen LogP contribution in [0, 0.1) is 0 Å². The number of ether oxygens (including phenoxy) is 3. The van der Waals surface area contributed by atoms with Gasteiger partial charge in [0.25, 0.3) is 0 Å². The summed E-state index contributed by atoms with van der Waals surface area (Å²) >= 11 is 0. The van der Waals surface area contributed by atoms with Crippen molar-refractivity contribution in [2.45, 2.75) is 130 Å². The van der Waals surface area contributed by atoms with Crippen molar-refractivity contribution in [1.29, 1.82) is 0 Å². The van der Waals surface area contributed by atoms with Crippen LogP contribution in [0.3, 0.4) is 0 Å². The lowest BCUT2D eigenvalue weighted by Gasteiger charge is -2.23. The Balaban J connectivity index is 3.47. The number of carboxylic acid groups (broad SMARTS) is 1. The Labute approximate surface area is 213 Å². The van der Waals surface area contributed by atoms with E-state index in [4.69, 9.17) is 14.2 Å². The summed E-state index contributed by atoms with van der Waals surface area (Å²) in [7, 11) is 0. The molecule has 1 rings (SSSR count). The van der Waals surface area contributed by atoms with Crippen LogP contribution in [-0.4, -0.2) is 29.6 Å². The number of hydrogen-bond acceptors (Lipinski definition) is 5. The minimum atomic E-state index is -1.47. The van der Waals surface area contributed by atoms with Gasteiger partial charge >= 0.3 is 6.16 Å². The highest BCUT2D eigenvalue weighted by atomic mass is 16.7. The average Bonchev–Trinajstić information content (AvgIpc) is 2.83. The first kappa shape index (κ1) is 30.9. The maximum Gasteiger partial charge on any atom is 0.511 e. The number of carbonyl (C=O) groups is 1. The zero-order valence-electron chi connectivity index (χ0n) is 22.8. The molecular formula is C29H50O6. The van der Waals surface area contributed by atoms with Crippen LogP contribution in [0.2, 0.25) is 0 Å². The minimum absolute atomic E-state index is 0.110. The van der Waals surface area contributed by atoms with Gasteiger partial charge in [0.2, 0.25) is 11.5 Å². The first-order chi connectivity index (χ1) is 17.0. The number of unbranched alkanes of at least 4 members (excludes halogenated alkanes) is 10. The molecule has 0 saturated heterocycles. The molecule has 0 aromatic heterocycles. The van der Waals surface area contributed by atoms with Crippen molar-refractivity contribution in [3.05, 3.63) is 11.1 Å². The monoisotopic (exact) mass is 494 g/mol. The maximum atomic E-state index is 11.5. The molecule has 202 valence electrons. The van der Waals surface area contributed by atoms with E-state index >= 15 is 0 Å². The quantitative estimate of drug-likeness (QED) is 0.101. The van der Waals surface area contributed by atoms with Crippen molar-refractivity contribution in [2.24, 2.45) is 0 Å². The van der Waals surface area contributed by atoms with Gasteiger partial charge in [0, 0.05) is 11.1 Å². The molecule has 0 bridgehead atoms. The highest BCUT2D eigenvalue weighted by Gasteiger charge is 2.28. The Morgan fingerprint density at radius 2 is 1.06 bits per heavy atom. The molecule has 0 amide bonds. The average molecular weight is 495 g/mol. The largest absolute Gasteiger partial charge is 0.511 e. The predicted octanol–water partition coefficient (Wildman–Crippen LogP) is 8.83. The van der Waals surface area contributed by atoms with Gasteiger partial charge in [-0.25, -0.2) is 4.79 Å². The van der Waals surface area contributed by atoms with E-state index in [1.54, 1.807) is 0 Å². The second kappa shape index (κ2) is 19.1. The van der Waals surface area contributed by atoms with E-state index in [-0.39, 0.29) is 17.2 Å². The molecular weight excluding hydrogens is 444 g/mol. The zero-order valence-corrected chi connectivity index (χ0v) is 22.8. The van der Waals surface area contributed by atoms with Gasteiger partial charge in [-0.3, -0.25) is 0 Å². The van der Waals surface area contributed by atoms with Crippen LogP contribution in [0.1, 0.15) is 129 Å². The Morgan fingerprint density at radius 3 is 1.54 bits per heavy atom. The fourth-order valence-corrected chi connectivity index (χ4v) is 4.21. The van der Waals surface area contributed by atoms with Gasteiger partial charge in [0.15, 0.2) is 11.5 Å². The summed E-state index contributed by atoms with van der Waals surface area (Å²) in [5.41, 5.74) is 1.71. The molecule has 0 atom stereocenters.